The highest BCUT2D eigenvalue weighted by atomic mass is 32.1. The second kappa shape index (κ2) is 8.22. The van der Waals surface area contributed by atoms with Crippen molar-refractivity contribution in [3.8, 4) is 0 Å². The molecule has 0 atom stereocenters. The van der Waals surface area contributed by atoms with Crippen molar-refractivity contribution in [3.05, 3.63) is 39.8 Å². The SMILES string of the molecule is Cc1ccc(NC(=O)CN(C)C)c(NC(=O)c2csc(C(C)C)n2)c1. The molecule has 0 radical (unpaired) electrons. The van der Waals surface area contributed by atoms with Crippen LogP contribution in [0.4, 0.5) is 11.4 Å². The number of aryl methyl sites for hydroxylation is 1. The van der Waals surface area contributed by atoms with Crippen LogP contribution >= 0.6 is 11.3 Å². The summed E-state index contributed by atoms with van der Waals surface area (Å²) in [4.78, 5) is 30.7. The van der Waals surface area contributed by atoms with Crippen molar-refractivity contribution >= 4 is 34.5 Å². The number of hydrogen-bond acceptors (Lipinski definition) is 5. The number of nitrogens with one attached hydrogen (secondary N) is 2. The van der Waals surface area contributed by atoms with Crippen LogP contribution in [0.2, 0.25) is 0 Å². The molecule has 134 valence electrons. The molecule has 25 heavy (non-hydrogen) atoms. The van der Waals surface area contributed by atoms with Crippen molar-refractivity contribution in [2.24, 2.45) is 0 Å². The maximum atomic E-state index is 12.5. The van der Waals surface area contributed by atoms with Gasteiger partial charge in [0.2, 0.25) is 5.91 Å². The monoisotopic (exact) mass is 360 g/mol. The Balaban J connectivity index is 2.18. The third kappa shape index (κ3) is 5.37. The molecular weight excluding hydrogens is 336 g/mol. The number of nitrogens with zero attached hydrogens (tertiary/aromatic N) is 2. The molecule has 1 aromatic heterocycles. The fraction of sp³-hybridized carbons (Fsp3) is 0.389. The minimum absolute atomic E-state index is 0.139. The summed E-state index contributed by atoms with van der Waals surface area (Å²) >= 11 is 1.47. The van der Waals surface area contributed by atoms with Gasteiger partial charge in [-0.3, -0.25) is 9.59 Å². The van der Waals surface area contributed by atoms with E-state index in [0.717, 1.165) is 10.6 Å². The van der Waals surface area contributed by atoms with E-state index in [2.05, 4.69) is 15.6 Å². The molecule has 6 nitrogen and oxygen atoms in total. The van der Waals surface area contributed by atoms with Crippen molar-refractivity contribution in [1.29, 1.82) is 0 Å². The highest BCUT2D eigenvalue weighted by Gasteiger charge is 2.15. The summed E-state index contributed by atoms with van der Waals surface area (Å²) in [6.07, 6.45) is 0. The highest BCUT2D eigenvalue weighted by molar-refractivity contribution is 7.09. The molecule has 0 fully saturated rings. The number of anilines is 2. The van der Waals surface area contributed by atoms with Gasteiger partial charge in [-0.1, -0.05) is 19.9 Å². The molecule has 2 rings (SSSR count). The Labute approximate surface area is 152 Å². The summed E-state index contributed by atoms with van der Waals surface area (Å²) in [5.74, 6) is -0.136. The van der Waals surface area contributed by atoms with Crippen LogP contribution in [0.25, 0.3) is 0 Å². The Morgan fingerprint density at radius 2 is 1.92 bits per heavy atom. The zero-order valence-electron chi connectivity index (χ0n) is 15.2. The normalized spacial score (nSPS) is 11.0. The smallest absolute Gasteiger partial charge is 0.275 e. The lowest BCUT2D eigenvalue weighted by molar-refractivity contribution is -0.116. The molecule has 2 N–H and O–H groups in total. The number of likely N-dealkylation sites (N-methyl/N-ethyl adjacent to an activating group) is 1. The molecule has 0 saturated heterocycles. The third-order valence-electron chi connectivity index (χ3n) is 3.41. The second-order valence-electron chi connectivity index (χ2n) is 6.51. The quantitative estimate of drug-likeness (QED) is 0.829. The van der Waals surface area contributed by atoms with Crippen molar-refractivity contribution in [1.82, 2.24) is 9.88 Å². The Bertz CT molecular complexity index is 768. The van der Waals surface area contributed by atoms with E-state index in [1.165, 1.54) is 11.3 Å². The van der Waals surface area contributed by atoms with Crippen LogP contribution in [0.1, 0.15) is 40.8 Å². The summed E-state index contributed by atoms with van der Waals surface area (Å²) in [5.41, 5.74) is 2.52. The van der Waals surface area contributed by atoms with E-state index in [-0.39, 0.29) is 24.3 Å². The third-order valence-corrected chi connectivity index (χ3v) is 4.55. The zero-order chi connectivity index (χ0) is 18.6. The van der Waals surface area contributed by atoms with Crippen molar-refractivity contribution in [3.63, 3.8) is 0 Å². The summed E-state index contributed by atoms with van der Waals surface area (Å²) in [6.45, 7) is 6.28. The minimum atomic E-state index is -0.281. The first-order chi connectivity index (χ1) is 11.8. The van der Waals surface area contributed by atoms with Gasteiger partial charge in [0.1, 0.15) is 5.69 Å². The summed E-state index contributed by atoms with van der Waals surface area (Å²) < 4.78 is 0. The predicted molar refractivity (Wildman–Crippen MR) is 103 cm³/mol. The fourth-order valence-electron chi connectivity index (χ4n) is 2.19. The first-order valence-electron chi connectivity index (χ1n) is 8.08. The predicted octanol–water partition coefficient (Wildman–Crippen LogP) is 3.33. The van der Waals surface area contributed by atoms with E-state index in [0.29, 0.717) is 17.1 Å². The number of aromatic nitrogens is 1. The number of carbonyl (C=O) groups is 2. The number of thiazole rings is 1. The van der Waals surface area contributed by atoms with Gasteiger partial charge < -0.3 is 15.5 Å². The summed E-state index contributed by atoms with van der Waals surface area (Å²) in [7, 11) is 3.65. The Kier molecular flexibility index (Phi) is 6.27. The molecule has 1 aromatic carbocycles. The number of carbonyl (C=O) groups excluding carboxylic acids is 2. The topological polar surface area (TPSA) is 74.3 Å². The van der Waals surface area contributed by atoms with E-state index in [1.54, 1.807) is 16.3 Å². The lowest BCUT2D eigenvalue weighted by Gasteiger charge is -2.14. The zero-order valence-corrected chi connectivity index (χ0v) is 16.0. The molecule has 1 heterocycles. The number of benzene rings is 1. The largest absolute Gasteiger partial charge is 0.323 e. The number of rotatable bonds is 6. The van der Waals surface area contributed by atoms with Gasteiger partial charge >= 0.3 is 0 Å². The molecule has 2 aromatic rings. The fourth-order valence-corrected chi connectivity index (χ4v) is 3.01. The number of amides is 2. The lowest BCUT2D eigenvalue weighted by Crippen LogP contribution is -2.27. The molecule has 0 aliphatic rings. The van der Waals surface area contributed by atoms with Gasteiger partial charge in [-0.05, 0) is 38.7 Å². The standard InChI is InChI=1S/C18H24N4O2S/c1-11(2)18-21-15(10-25-18)17(24)20-14-8-12(3)6-7-13(14)19-16(23)9-22(4)5/h6-8,10-11H,9H2,1-5H3,(H,19,23)(H,20,24). The Morgan fingerprint density at radius 1 is 1.20 bits per heavy atom. The van der Waals surface area contributed by atoms with Crippen LogP contribution in [0.5, 0.6) is 0 Å². The van der Waals surface area contributed by atoms with Crippen molar-refractivity contribution in [2.75, 3.05) is 31.3 Å². The lowest BCUT2D eigenvalue weighted by atomic mass is 10.2. The molecule has 0 unspecified atom stereocenters. The summed E-state index contributed by atoms with van der Waals surface area (Å²) in [6, 6.07) is 5.51. The van der Waals surface area contributed by atoms with Gasteiger partial charge in [0.15, 0.2) is 0 Å². The van der Waals surface area contributed by atoms with E-state index >= 15 is 0 Å². The van der Waals surface area contributed by atoms with Gasteiger partial charge in [-0.15, -0.1) is 11.3 Å². The minimum Gasteiger partial charge on any atom is -0.323 e. The highest BCUT2D eigenvalue weighted by Crippen LogP contribution is 2.25. The molecule has 0 spiro atoms. The second-order valence-corrected chi connectivity index (χ2v) is 7.40. The van der Waals surface area contributed by atoms with Crippen LogP contribution in [-0.2, 0) is 4.79 Å². The van der Waals surface area contributed by atoms with Gasteiger partial charge in [0.25, 0.3) is 5.91 Å². The molecule has 7 heteroatoms. The molecule has 0 aliphatic carbocycles. The van der Waals surface area contributed by atoms with Gasteiger partial charge in [0.05, 0.1) is 22.9 Å². The van der Waals surface area contributed by atoms with Crippen LogP contribution in [0.3, 0.4) is 0 Å². The molecule has 2 amide bonds. The van der Waals surface area contributed by atoms with Gasteiger partial charge in [0, 0.05) is 11.3 Å². The summed E-state index contributed by atoms with van der Waals surface area (Å²) in [5, 5.41) is 8.37. The average Bonchev–Trinajstić information content (AvgIpc) is 2.99. The average molecular weight is 360 g/mol. The molecular formula is C18H24N4O2S. The Morgan fingerprint density at radius 3 is 2.52 bits per heavy atom. The first-order valence-corrected chi connectivity index (χ1v) is 8.96. The maximum absolute atomic E-state index is 12.5. The van der Waals surface area contributed by atoms with Gasteiger partial charge in [-0.2, -0.15) is 0 Å². The van der Waals surface area contributed by atoms with Crippen molar-refractivity contribution < 1.29 is 9.59 Å². The first kappa shape index (κ1) is 19.1. The van der Waals surface area contributed by atoms with Crippen LogP contribution < -0.4 is 10.6 Å². The van der Waals surface area contributed by atoms with Crippen LogP contribution in [-0.4, -0.2) is 42.3 Å². The van der Waals surface area contributed by atoms with E-state index in [9.17, 15) is 9.59 Å². The maximum Gasteiger partial charge on any atom is 0.275 e. The van der Waals surface area contributed by atoms with E-state index in [4.69, 9.17) is 0 Å². The Hall–Kier alpha value is -2.25. The van der Waals surface area contributed by atoms with E-state index in [1.807, 2.05) is 47.0 Å². The molecule has 0 bridgehead atoms. The van der Waals surface area contributed by atoms with Gasteiger partial charge in [-0.25, -0.2) is 4.98 Å². The van der Waals surface area contributed by atoms with Crippen LogP contribution in [0, 0.1) is 6.92 Å². The molecule has 0 aliphatic heterocycles. The van der Waals surface area contributed by atoms with Crippen molar-refractivity contribution in [2.45, 2.75) is 26.7 Å². The van der Waals surface area contributed by atoms with E-state index < -0.39 is 0 Å². The number of hydrogen-bond donors (Lipinski definition) is 2. The molecule has 0 saturated carbocycles. The van der Waals surface area contributed by atoms with Crippen LogP contribution in [0.15, 0.2) is 23.6 Å².